The van der Waals surface area contributed by atoms with E-state index in [4.69, 9.17) is 10.8 Å². The van der Waals surface area contributed by atoms with Gasteiger partial charge in [-0.1, -0.05) is 17.8 Å². The van der Waals surface area contributed by atoms with Gasteiger partial charge in [-0.05, 0) is 12.0 Å². The Morgan fingerprint density at radius 1 is 1.45 bits per heavy atom. The number of carbonyl (C=O) groups excluding carboxylic acids is 3. The van der Waals surface area contributed by atoms with Crippen LogP contribution in [0.4, 0.5) is 5.13 Å². The maximum Gasteiger partial charge on any atom is 0.344 e. The molecule has 3 rings (SSSR count). The van der Waals surface area contributed by atoms with Crippen molar-refractivity contribution in [3.05, 3.63) is 22.3 Å². The molecule has 15 heteroatoms. The SMILES string of the molecule is Nc1nc(/C(=N/OCC(=O)O)C(=O)N[C@@H]2C(=O)N3C(C(=O)S)=C(CCO)CS[C@H]23)cs1. The lowest BCUT2D eigenvalue weighted by Gasteiger charge is -2.49. The lowest BCUT2D eigenvalue weighted by molar-refractivity contribution is -0.146. The standard InChI is InChI=1S/C16H17N5O7S3/c17-16-18-7(5-31-16)9(20-28-3-8(23)24)12(25)19-10-13(26)21-11(15(27)29)6(1-2-22)4-30-14(10)21/h5,10,14,22H,1-4H2,(H2,17,18)(H,19,25)(H,23,24)(H,27,29)/b20-9-/t10-,14-/m1/s1. The summed E-state index contributed by atoms with van der Waals surface area (Å²) in [6.45, 7) is -0.961. The zero-order chi connectivity index (χ0) is 22.7. The van der Waals surface area contributed by atoms with Crippen LogP contribution in [-0.2, 0) is 24.0 Å². The van der Waals surface area contributed by atoms with E-state index in [0.717, 1.165) is 11.3 Å². The first kappa shape index (κ1) is 23.1. The van der Waals surface area contributed by atoms with Gasteiger partial charge in [-0.2, -0.15) is 0 Å². The second-order valence-electron chi connectivity index (χ2n) is 6.27. The van der Waals surface area contributed by atoms with E-state index < -0.39 is 40.9 Å². The molecule has 31 heavy (non-hydrogen) atoms. The van der Waals surface area contributed by atoms with Crippen molar-refractivity contribution >= 4 is 69.5 Å². The van der Waals surface area contributed by atoms with Gasteiger partial charge in [0.15, 0.2) is 10.8 Å². The Balaban J connectivity index is 1.78. The van der Waals surface area contributed by atoms with Crippen LogP contribution in [0.25, 0.3) is 0 Å². The molecule has 0 unspecified atom stereocenters. The molecule has 166 valence electrons. The molecule has 2 aliphatic heterocycles. The number of nitrogens with two attached hydrogens (primary N) is 1. The van der Waals surface area contributed by atoms with Gasteiger partial charge < -0.3 is 26.1 Å². The van der Waals surface area contributed by atoms with Crippen LogP contribution in [0.15, 0.2) is 21.8 Å². The molecule has 1 fully saturated rings. The average molecular weight is 488 g/mol. The van der Waals surface area contributed by atoms with Crippen LogP contribution in [0.2, 0.25) is 0 Å². The number of carboxylic acids is 1. The van der Waals surface area contributed by atoms with E-state index in [1.54, 1.807) is 0 Å². The lowest BCUT2D eigenvalue weighted by Crippen LogP contribution is -2.70. The molecule has 0 aliphatic carbocycles. The number of aliphatic hydroxyl groups excluding tert-OH is 1. The molecule has 12 nitrogen and oxygen atoms in total. The first-order valence-corrected chi connectivity index (χ1v) is 11.1. The van der Waals surface area contributed by atoms with Gasteiger partial charge in [-0.25, -0.2) is 9.78 Å². The first-order chi connectivity index (χ1) is 14.7. The van der Waals surface area contributed by atoms with Gasteiger partial charge in [0, 0.05) is 17.7 Å². The number of aromatic nitrogens is 1. The zero-order valence-electron chi connectivity index (χ0n) is 15.7. The Hall–Kier alpha value is -2.62. The van der Waals surface area contributed by atoms with E-state index in [0.29, 0.717) is 11.3 Å². The van der Waals surface area contributed by atoms with Crippen LogP contribution in [-0.4, -0.2) is 79.1 Å². The number of thiazole rings is 1. The molecule has 2 atom stereocenters. The fraction of sp³-hybridized carbons (Fsp3) is 0.375. The van der Waals surface area contributed by atoms with E-state index in [2.05, 4.69) is 32.9 Å². The molecular weight excluding hydrogens is 470 g/mol. The number of oxime groups is 1. The summed E-state index contributed by atoms with van der Waals surface area (Å²) in [5.41, 5.74) is 6.01. The number of aliphatic hydroxyl groups is 1. The number of thioether (sulfide) groups is 1. The number of nitrogen functional groups attached to an aromatic ring is 1. The van der Waals surface area contributed by atoms with Gasteiger partial charge in [-0.3, -0.25) is 19.3 Å². The largest absolute Gasteiger partial charge is 0.479 e. The van der Waals surface area contributed by atoms with Gasteiger partial charge in [0.2, 0.25) is 11.7 Å². The predicted octanol–water partition coefficient (Wildman–Crippen LogP) is -0.977. The minimum absolute atomic E-state index is 0.0571. The molecule has 0 spiro atoms. The Bertz CT molecular complexity index is 992. The molecule has 0 saturated carbocycles. The summed E-state index contributed by atoms with van der Waals surface area (Å²) in [7, 11) is 0. The van der Waals surface area contributed by atoms with Crippen molar-refractivity contribution in [1.82, 2.24) is 15.2 Å². The first-order valence-electron chi connectivity index (χ1n) is 8.69. The van der Waals surface area contributed by atoms with Crippen molar-refractivity contribution < 1.29 is 34.2 Å². The van der Waals surface area contributed by atoms with E-state index in [1.807, 2.05) is 0 Å². The molecule has 1 saturated heterocycles. The molecule has 2 aliphatic rings. The van der Waals surface area contributed by atoms with Gasteiger partial charge in [0.1, 0.15) is 17.1 Å². The van der Waals surface area contributed by atoms with Gasteiger partial charge >= 0.3 is 5.97 Å². The highest BCUT2D eigenvalue weighted by molar-refractivity contribution is 8.00. The number of rotatable bonds is 9. The number of carboxylic acid groups (broad SMARTS) is 1. The number of thiol groups is 1. The number of hydrogen-bond donors (Lipinski definition) is 5. The zero-order valence-corrected chi connectivity index (χ0v) is 18.2. The number of nitrogens with one attached hydrogen (secondary N) is 1. The van der Waals surface area contributed by atoms with Crippen molar-refractivity contribution in [3.63, 3.8) is 0 Å². The summed E-state index contributed by atoms with van der Waals surface area (Å²) in [5, 5.41) is 24.4. The number of anilines is 1. The highest BCUT2D eigenvalue weighted by Gasteiger charge is 2.53. The summed E-state index contributed by atoms with van der Waals surface area (Å²) in [6, 6.07) is -0.962. The molecule has 2 amide bonds. The normalized spacial score (nSPS) is 20.8. The van der Waals surface area contributed by atoms with Crippen LogP contribution < -0.4 is 11.1 Å². The van der Waals surface area contributed by atoms with Crippen LogP contribution in [0.5, 0.6) is 0 Å². The van der Waals surface area contributed by atoms with E-state index >= 15 is 0 Å². The fourth-order valence-corrected chi connectivity index (χ4v) is 5.17. The third-order valence-corrected chi connectivity index (χ3v) is 6.50. The van der Waals surface area contributed by atoms with Gasteiger partial charge in [-0.15, -0.1) is 23.1 Å². The number of amides is 2. The predicted molar refractivity (Wildman–Crippen MR) is 114 cm³/mol. The summed E-state index contributed by atoms with van der Waals surface area (Å²) >= 11 is 6.19. The van der Waals surface area contributed by atoms with Crippen LogP contribution in [0.1, 0.15) is 12.1 Å². The maximum absolute atomic E-state index is 12.8. The smallest absolute Gasteiger partial charge is 0.344 e. The molecule has 1 aromatic heterocycles. The Morgan fingerprint density at radius 2 is 2.19 bits per heavy atom. The van der Waals surface area contributed by atoms with Crippen molar-refractivity contribution in [2.45, 2.75) is 17.8 Å². The lowest BCUT2D eigenvalue weighted by atomic mass is 10.0. The van der Waals surface area contributed by atoms with Gasteiger partial charge in [0.25, 0.3) is 11.8 Å². The third-order valence-electron chi connectivity index (χ3n) is 4.27. The number of hydrogen-bond acceptors (Lipinski definition) is 11. The van der Waals surface area contributed by atoms with Crippen molar-refractivity contribution in [1.29, 1.82) is 0 Å². The number of carbonyl (C=O) groups is 4. The molecule has 3 heterocycles. The Kier molecular flexibility index (Phi) is 7.19. The number of fused-ring (bicyclic) bond motifs is 1. The summed E-state index contributed by atoms with van der Waals surface area (Å²) in [6.07, 6.45) is 0.227. The molecule has 0 aromatic carbocycles. The number of aliphatic carboxylic acids is 1. The van der Waals surface area contributed by atoms with Crippen molar-refractivity contribution in [2.75, 3.05) is 24.7 Å². The van der Waals surface area contributed by atoms with Crippen molar-refractivity contribution in [2.24, 2.45) is 5.16 Å². The minimum atomic E-state index is -1.29. The molecular formula is C16H17N5O7S3. The Morgan fingerprint density at radius 3 is 2.77 bits per heavy atom. The molecule has 0 radical (unpaired) electrons. The third kappa shape index (κ3) is 4.84. The quantitative estimate of drug-likeness (QED) is 0.126. The Labute approximate surface area is 188 Å². The van der Waals surface area contributed by atoms with E-state index in [1.165, 1.54) is 22.0 Å². The van der Waals surface area contributed by atoms with Gasteiger partial charge in [0.05, 0.1) is 5.70 Å². The fourth-order valence-electron chi connectivity index (χ4n) is 2.97. The monoisotopic (exact) mass is 487 g/mol. The highest BCUT2D eigenvalue weighted by atomic mass is 32.2. The van der Waals surface area contributed by atoms with Crippen molar-refractivity contribution in [3.8, 4) is 0 Å². The second kappa shape index (κ2) is 9.67. The second-order valence-corrected chi connectivity index (χ2v) is 8.67. The molecule has 0 bridgehead atoms. The average Bonchev–Trinajstić information content (AvgIpc) is 3.14. The molecule has 5 N–H and O–H groups in total. The highest BCUT2D eigenvalue weighted by Crippen LogP contribution is 2.41. The van der Waals surface area contributed by atoms with Crippen LogP contribution >= 0.6 is 35.7 Å². The number of nitrogens with zero attached hydrogens (tertiary/aromatic N) is 3. The van der Waals surface area contributed by atoms with E-state index in [9.17, 15) is 24.3 Å². The summed E-state index contributed by atoms with van der Waals surface area (Å²) in [4.78, 5) is 57.9. The summed E-state index contributed by atoms with van der Waals surface area (Å²) < 4.78 is 0. The summed E-state index contributed by atoms with van der Waals surface area (Å²) in [5.74, 6) is -2.26. The topological polar surface area (TPSA) is 185 Å². The minimum Gasteiger partial charge on any atom is -0.479 e. The van der Waals surface area contributed by atoms with Crippen LogP contribution in [0, 0.1) is 0 Å². The van der Waals surface area contributed by atoms with E-state index in [-0.39, 0.29) is 35.3 Å². The maximum atomic E-state index is 12.8. The number of β-lactam (4-membered cyclic amide) rings is 1. The molecule has 1 aromatic rings. The van der Waals surface area contributed by atoms with Crippen LogP contribution in [0.3, 0.4) is 0 Å².